The molecular weight excluding hydrogens is 532 g/mol. The molecule has 0 radical (unpaired) electrons. The largest absolute Gasteiger partial charge is 0.489 e. The second-order valence-corrected chi connectivity index (χ2v) is 10.2. The third-order valence-corrected chi connectivity index (χ3v) is 7.31. The molecule has 0 atom stereocenters. The Kier molecular flexibility index (Phi) is 6.23. The van der Waals surface area contributed by atoms with Gasteiger partial charge in [0.15, 0.2) is 0 Å². The Bertz CT molecular complexity index is 1580. The summed E-state index contributed by atoms with van der Waals surface area (Å²) in [5.41, 5.74) is 0.336. The Morgan fingerprint density at radius 1 is 1.15 bits per heavy atom. The Hall–Kier alpha value is -4.02. The summed E-state index contributed by atoms with van der Waals surface area (Å²) in [6.45, 7) is 0.392. The van der Waals surface area contributed by atoms with E-state index in [0.29, 0.717) is 33.5 Å². The molecule has 1 aliphatic carbocycles. The number of ether oxygens (including phenoxy) is 1. The van der Waals surface area contributed by atoms with E-state index >= 15 is 0 Å². The van der Waals surface area contributed by atoms with E-state index in [2.05, 4.69) is 10.1 Å². The zero-order valence-electron chi connectivity index (χ0n) is 20.4. The van der Waals surface area contributed by atoms with Gasteiger partial charge in [-0.2, -0.15) is 0 Å². The average molecular weight is 554 g/mol. The maximum atomic E-state index is 14.5. The van der Waals surface area contributed by atoms with E-state index in [-0.39, 0.29) is 42.4 Å². The fraction of sp³-hybridized carbons (Fsp3) is 0.250. The number of benzene rings is 2. The number of carbonyl (C=O) groups is 1. The maximum Gasteiger partial charge on any atom is 0.335 e. The molecule has 2 aromatic carbocycles. The molecule has 3 heterocycles. The third-order valence-electron chi connectivity index (χ3n) is 7.00. The highest BCUT2D eigenvalue weighted by Gasteiger charge is 2.44. The zero-order valence-corrected chi connectivity index (χ0v) is 21.2. The topological polar surface area (TPSA) is 109 Å². The molecule has 2 aliphatic rings. The number of anilines is 1. The molecule has 2 N–H and O–H groups in total. The number of aromatic carboxylic acids is 1. The normalized spacial score (nSPS) is 16.2. The number of aromatic nitrogens is 2. The van der Waals surface area contributed by atoms with Crippen molar-refractivity contribution in [3.8, 4) is 17.0 Å². The minimum atomic E-state index is -1.25. The zero-order chi connectivity index (χ0) is 27.3. The lowest BCUT2D eigenvalue weighted by Crippen LogP contribution is -2.60. The first-order chi connectivity index (χ1) is 18.7. The number of pyridine rings is 1. The van der Waals surface area contributed by atoms with Crippen molar-refractivity contribution in [1.29, 1.82) is 0 Å². The molecule has 39 heavy (non-hydrogen) atoms. The monoisotopic (exact) mass is 553 g/mol. The summed E-state index contributed by atoms with van der Waals surface area (Å²) < 4.78 is 39.5. The molecule has 2 fully saturated rings. The Balaban J connectivity index is 1.18. The summed E-state index contributed by atoms with van der Waals surface area (Å²) >= 11 is 6.53. The highest BCUT2D eigenvalue weighted by atomic mass is 35.5. The Morgan fingerprint density at radius 3 is 2.64 bits per heavy atom. The molecule has 1 saturated heterocycles. The van der Waals surface area contributed by atoms with E-state index < -0.39 is 23.2 Å². The number of rotatable bonds is 8. The number of aliphatic hydroxyl groups is 1. The van der Waals surface area contributed by atoms with E-state index in [4.69, 9.17) is 20.9 Å². The fourth-order valence-electron chi connectivity index (χ4n) is 4.78. The molecule has 0 amide bonds. The van der Waals surface area contributed by atoms with Gasteiger partial charge in [0.1, 0.15) is 46.9 Å². The standard InChI is InChI=1S/C28H22ClF2N3O5/c29-22-11-18(4-6-21(22)28(37)13-34(14-28)24-9-16(27(35)36)7-8-32-24)38-12-20-25(33-39-26(20)15-1-2-15)19-5-3-17(30)10-23(19)31/h3-11,15,37H,1-2,12-14H2,(H,35,36). The lowest BCUT2D eigenvalue weighted by Gasteiger charge is -2.47. The smallest absolute Gasteiger partial charge is 0.335 e. The molecule has 0 spiro atoms. The van der Waals surface area contributed by atoms with E-state index in [0.717, 1.165) is 25.0 Å². The van der Waals surface area contributed by atoms with Crippen LogP contribution in [-0.2, 0) is 12.2 Å². The van der Waals surface area contributed by atoms with Gasteiger partial charge in [0, 0.05) is 29.3 Å². The fourth-order valence-corrected chi connectivity index (χ4v) is 5.13. The van der Waals surface area contributed by atoms with Gasteiger partial charge in [-0.1, -0.05) is 22.8 Å². The van der Waals surface area contributed by atoms with Crippen LogP contribution in [0.1, 0.15) is 46.0 Å². The Labute approximate surface area is 226 Å². The minimum Gasteiger partial charge on any atom is -0.489 e. The van der Waals surface area contributed by atoms with Crippen LogP contribution < -0.4 is 9.64 Å². The van der Waals surface area contributed by atoms with Crippen LogP contribution in [0.15, 0.2) is 59.3 Å². The summed E-state index contributed by atoms with van der Waals surface area (Å²) in [7, 11) is 0. The van der Waals surface area contributed by atoms with Crippen LogP contribution in [0.3, 0.4) is 0 Å². The number of carboxylic acid groups (broad SMARTS) is 1. The lowest BCUT2D eigenvalue weighted by atomic mass is 9.86. The highest BCUT2D eigenvalue weighted by Crippen LogP contribution is 2.45. The summed E-state index contributed by atoms with van der Waals surface area (Å²) in [5, 5.41) is 24.7. The summed E-state index contributed by atoms with van der Waals surface area (Å²) in [5.74, 6) is -0.805. The van der Waals surface area contributed by atoms with Crippen LogP contribution >= 0.6 is 11.6 Å². The number of hydrogen-bond donors (Lipinski definition) is 2. The van der Waals surface area contributed by atoms with Crippen molar-refractivity contribution in [3.05, 3.63) is 93.8 Å². The van der Waals surface area contributed by atoms with Crippen molar-refractivity contribution in [2.45, 2.75) is 31.0 Å². The summed E-state index contributed by atoms with van der Waals surface area (Å²) in [6.07, 6.45) is 3.27. The molecule has 4 aromatic rings. The number of halogens is 3. The van der Waals surface area contributed by atoms with Crippen molar-refractivity contribution in [2.24, 2.45) is 0 Å². The van der Waals surface area contributed by atoms with Gasteiger partial charge in [0.2, 0.25) is 0 Å². The van der Waals surface area contributed by atoms with Gasteiger partial charge in [-0.05, 0) is 49.2 Å². The van der Waals surface area contributed by atoms with Gasteiger partial charge in [0.05, 0.1) is 29.2 Å². The maximum absolute atomic E-state index is 14.5. The van der Waals surface area contributed by atoms with Crippen LogP contribution in [0.4, 0.5) is 14.6 Å². The molecular formula is C28H22ClF2N3O5. The van der Waals surface area contributed by atoms with Crippen LogP contribution in [0.25, 0.3) is 11.3 Å². The number of hydrogen-bond acceptors (Lipinski definition) is 7. The summed E-state index contributed by atoms with van der Waals surface area (Å²) in [6, 6.07) is 11.1. The van der Waals surface area contributed by atoms with Crippen molar-refractivity contribution >= 4 is 23.4 Å². The van der Waals surface area contributed by atoms with Gasteiger partial charge >= 0.3 is 5.97 Å². The quantitative estimate of drug-likeness (QED) is 0.293. The number of β-amino-alcohol motifs (C(OH)–C–C–N with tert-alkyl or cyclic N) is 1. The van der Waals surface area contributed by atoms with E-state index in [1.807, 2.05) is 0 Å². The predicted octanol–water partition coefficient (Wildman–Crippen LogP) is 5.53. The highest BCUT2D eigenvalue weighted by molar-refractivity contribution is 6.31. The van der Waals surface area contributed by atoms with Gasteiger partial charge in [0.25, 0.3) is 0 Å². The van der Waals surface area contributed by atoms with Gasteiger partial charge in [-0.25, -0.2) is 18.6 Å². The first kappa shape index (κ1) is 25.3. The minimum absolute atomic E-state index is 0.0286. The van der Waals surface area contributed by atoms with Crippen molar-refractivity contribution < 1.29 is 33.0 Å². The van der Waals surface area contributed by atoms with E-state index in [9.17, 15) is 23.8 Å². The van der Waals surface area contributed by atoms with E-state index in [1.54, 1.807) is 23.1 Å². The van der Waals surface area contributed by atoms with Crippen molar-refractivity contribution in [2.75, 3.05) is 18.0 Å². The molecule has 8 nitrogen and oxygen atoms in total. The molecule has 2 aromatic heterocycles. The first-order valence-electron chi connectivity index (χ1n) is 12.3. The molecule has 1 saturated carbocycles. The third kappa shape index (κ3) is 4.81. The van der Waals surface area contributed by atoms with Crippen molar-refractivity contribution in [3.63, 3.8) is 0 Å². The van der Waals surface area contributed by atoms with Crippen LogP contribution in [0, 0.1) is 11.6 Å². The van der Waals surface area contributed by atoms with Gasteiger partial charge in [-0.15, -0.1) is 0 Å². The average Bonchev–Trinajstić information content (AvgIpc) is 3.65. The SMILES string of the molecule is O=C(O)c1ccnc(N2CC(O)(c3ccc(OCc4c(-c5ccc(F)cc5F)noc4C4CC4)cc3Cl)C2)c1. The predicted molar refractivity (Wildman–Crippen MR) is 137 cm³/mol. The number of nitrogens with zero attached hydrogens (tertiary/aromatic N) is 3. The number of carboxylic acids is 1. The molecule has 6 rings (SSSR count). The Morgan fingerprint density at radius 2 is 1.95 bits per heavy atom. The molecule has 0 bridgehead atoms. The lowest BCUT2D eigenvalue weighted by molar-refractivity contribution is 0.00712. The van der Waals surface area contributed by atoms with E-state index in [1.165, 1.54) is 24.4 Å². The van der Waals surface area contributed by atoms with Crippen molar-refractivity contribution in [1.82, 2.24) is 10.1 Å². The molecule has 11 heteroatoms. The first-order valence-corrected chi connectivity index (χ1v) is 12.6. The van der Waals surface area contributed by atoms with Crippen LogP contribution in [0.5, 0.6) is 5.75 Å². The van der Waals surface area contributed by atoms with Crippen LogP contribution in [0.2, 0.25) is 5.02 Å². The second kappa shape index (κ2) is 9.62. The summed E-state index contributed by atoms with van der Waals surface area (Å²) in [4.78, 5) is 17.2. The molecule has 1 aliphatic heterocycles. The van der Waals surface area contributed by atoms with Crippen LogP contribution in [-0.4, -0.2) is 39.4 Å². The van der Waals surface area contributed by atoms with Gasteiger partial charge in [-0.3, -0.25) is 0 Å². The second-order valence-electron chi connectivity index (χ2n) is 9.80. The van der Waals surface area contributed by atoms with Gasteiger partial charge < -0.3 is 24.4 Å². The molecule has 200 valence electrons. The molecule has 0 unspecified atom stereocenters.